The van der Waals surface area contributed by atoms with Crippen molar-refractivity contribution in [2.75, 3.05) is 0 Å². The molecular formula is C38H57N3O4. The predicted molar refractivity (Wildman–Crippen MR) is 180 cm³/mol. The number of esters is 1. The van der Waals surface area contributed by atoms with Crippen molar-refractivity contribution < 1.29 is 9.53 Å². The van der Waals surface area contributed by atoms with E-state index in [0.29, 0.717) is 18.9 Å². The summed E-state index contributed by atoms with van der Waals surface area (Å²) in [4.78, 5) is 41.0. The minimum absolute atomic E-state index is 0.0223. The van der Waals surface area contributed by atoms with E-state index in [2.05, 4.69) is 45.9 Å². The van der Waals surface area contributed by atoms with Gasteiger partial charge in [0.15, 0.2) is 0 Å². The molecule has 7 nitrogen and oxygen atoms in total. The third kappa shape index (κ3) is 5.48. The molecule has 1 aromatic rings. The molecule has 4 unspecified atom stereocenters. The number of fused-ring (bicyclic) bond motifs is 4. The van der Waals surface area contributed by atoms with E-state index in [1.807, 2.05) is 23.8 Å². The number of allylic oxidation sites excluding steroid dienone is 6. The molecule has 6 rings (SSSR count). The quantitative estimate of drug-likeness (QED) is 0.160. The van der Waals surface area contributed by atoms with E-state index in [1.165, 1.54) is 43.1 Å². The number of unbranched alkanes of at least 4 members (excludes halogenated alkanes) is 1. The summed E-state index contributed by atoms with van der Waals surface area (Å²) < 4.78 is 11.0. The number of aromatic nitrogens is 3. The highest BCUT2D eigenvalue weighted by Crippen LogP contribution is 2.68. The van der Waals surface area contributed by atoms with Gasteiger partial charge in [0.2, 0.25) is 0 Å². The van der Waals surface area contributed by atoms with E-state index >= 15 is 0 Å². The fourth-order valence-corrected chi connectivity index (χ4v) is 10.6. The molecule has 1 aliphatic heterocycles. The molecule has 0 bridgehead atoms. The number of hydrogen-bond acceptors (Lipinski definition) is 4. The number of carbonyl (C=O) groups excluding carboxylic acids is 1. The van der Waals surface area contributed by atoms with Crippen LogP contribution in [0.25, 0.3) is 5.70 Å². The minimum atomic E-state index is -0.556. The summed E-state index contributed by atoms with van der Waals surface area (Å²) in [5.41, 5.74) is -0.135. The van der Waals surface area contributed by atoms with Crippen molar-refractivity contribution in [2.45, 2.75) is 149 Å². The highest BCUT2D eigenvalue weighted by molar-refractivity contribution is 5.69. The van der Waals surface area contributed by atoms with E-state index in [1.54, 1.807) is 4.68 Å². The van der Waals surface area contributed by atoms with Gasteiger partial charge in [-0.25, -0.2) is 23.5 Å². The van der Waals surface area contributed by atoms with Crippen molar-refractivity contribution in [1.29, 1.82) is 0 Å². The SMILES string of the molecule is CCC(=O)OC1CCC(C)(C2CCC3(C)C(CCCCC(C)C)CCC3[C@@]23C=CCn2c(=O)n(C4=CCCC=C4)c(=O)n23)CC1. The molecule has 5 atom stereocenters. The van der Waals surface area contributed by atoms with Gasteiger partial charge in [-0.2, -0.15) is 0 Å². The summed E-state index contributed by atoms with van der Waals surface area (Å²) in [5, 5.41) is 0. The number of nitrogens with zero attached hydrogens (tertiary/aromatic N) is 3. The first-order chi connectivity index (χ1) is 21.5. The maximum atomic E-state index is 14.7. The molecule has 3 saturated carbocycles. The number of ether oxygens (including phenoxy) is 1. The third-order valence-electron chi connectivity index (χ3n) is 13.0. The summed E-state index contributed by atoms with van der Waals surface area (Å²) in [6, 6.07) is 0. The second-order valence-corrected chi connectivity index (χ2v) is 16.0. The van der Waals surface area contributed by atoms with Crippen LogP contribution in [-0.2, 0) is 21.6 Å². The fraction of sp³-hybridized carbons (Fsp3) is 0.763. The van der Waals surface area contributed by atoms with Crippen LogP contribution in [-0.4, -0.2) is 26.0 Å². The van der Waals surface area contributed by atoms with E-state index in [0.717, 1.165) is 63.0 Å². The van der Waals surface area contributed by atoms with Gasteiger partial charge in [-0.1, -0.05) is 78.2 Å². The number of hydrogen-bond donors (Lipinski definition) is 0. The summed E-state index contributed by atoms with van der Waals surface area (Å²) in [6.45, 7) is 11.9. The fourth-order valence-electron chi connectivity index (χ4n) is 10.6. The zero-order valence-corrected chi connectivity index (χ0v) is 28.6. The van der Waals surface area contributed by atoms with Crippen molar-refractivity contribution in [3.05, 3.63) is 51.3 Å². The highest BCUT2D eigenvalue weighted by Gasteiger charge is 2.65. The van der Waals surface area contributed by atoms with Gasteiger partial charge in [-0.15, -0.1) is 0 Å². The first-order valence-corrected chi connectivity index (χ1v) is 18.2. The monoisotopic (exact) mass is 619 g/mol. The molecule has 0 aromatic carbocycles. The third-order valence-corrected chi connectivity index (χ3v) is 13.0. The maximum Gasteiger partial charge on any atom is 0.352 e. The van der Waals surface area contributed by atoms with Crippen molar-refractivity contribution >= 4 is 11.7 Å². The molecule has 45 heavy (non-hydrogen) atoms. The molecule has 1 spiro atoms. The Hall–Kier alpha value is -2.57. The van der Waals surface area contributed by atoms with Gasteiger partial charge < -0.3 is 4.74 Å². The second-order valence-electron chi connectivity index (χ2n) is 16.0. The van der Waals surface area contributed by atoms with Crippen LogP contribution < -0.4 is 11.4 Å². The van der Waals surface area contributed by atoms with Gasteiger partial charge >= 0.3 is 17.3 Å². The molecule has 0 N–H and O–H groups in total. The van der Waals surface area contributed by atoms with Crippen LogP contribution >= 0.6 is 0 Å². The largest absolute Gasteiger partial charge is 0.462 e. The van der Waals surface area contributed by atoms with Crippen LogP contribution in [0.1, 0.15) is 131 Å². The van der Waals surface area contributed by atoms with Gasteiger partial charge in [0, 0.05) is 6.42 Å². The Morgan fingerprint density at radius 2 is 1.73 bits per heavy atom. The first-order valence-electron chi connectivity index (χ1n) is 18.2. The van der Waals surface area contributed by atoms with Crippen molar-refractivity contribution in [2.24, 2.45) is 34.5 Å². The van der Waals surface area contributed by atoms with Crippen molar-refractivity contribution in [3.63, 3.8) is 0 Å². The van der Waals surface area contributed by atoms with Crippen LogP contribution in [0.3, 0.4) is 0 Å². The molecule has 1 aromatic heterocycles. The van der Waals surface area contributed by atoms with E-state index < -0.39 is 5.54 Å². The zero-order chi connectivity index (χ0) is 32.0. The Kier molecular flexibility index (Phi) is 9.04. The minimum Gasteiger partial charge on any atom is -0.462 e. The Bertz CT molecular complexity index is 1460. The van der Waals surface area contributed by atoms with Crippen molar-refractivity contribution in [1.82, 2.24) is 13.9 Å². The molecule has 2 heterocycles. The summed E-state index contributed by atoms with van der Waals surface area (Å²) >= 11 is 0. The molecule has 0 amide bonds. The van der Waals surface area contributed by atoms with Crippen LogP contribution in [0, 0.1) is 34.5 Å². The predicted octanol–water partition coefficient (Wildman–Crippen LogP) is 7.83. The number of carbonyl (C=O) groups is 1. The van der Waals surface area contributed by atoms with Crippen molar-refractivity contribution in [3.8, 4) is 0 Å². The van der Waals surface area contributed by atoms with Gasteiger partial charge in [-0.05, 0) is 111 Å². The normalized spacial score (nSPS) is 35.8. The Morgan fingerprint density at radius 1 is 0.956 bits per heavy atom. The second kappa shape index (κ2) is 12.6. The summed E-state index contributed by atoms with van der Waals surface area (Å²) in [5.74, 6) is 1.78. The van der Waals surface area contributed by atoms with Gasteiger partial charge in [-0.3, -0.25) is 4.79 Å². The topological polar surface area (TPSA) is 75.2 Å². The Morgan fingerprint density at radius 3 is 2.42 bits per heavy atom. The molecule has 5 aliphatic rings. The lowest BCUT2D eigenvalue weighted by molar-refractivity contribution is -0.154. The first kappa shape index (κ1) is 32.4. The molecule has 0 saturated heterocycles. The smallest absolute Gasteiger partial charge is 0.352 e. The summed E-state index contributed by atoms with van der Waals surface area (Å²) in [6.07, 6.45) is 26.1. The lowest BCUT2D eigenvalue weighted by Crippen LogP contribution is -2.63. The van der Waals surface area contributed by atoms with Crippen LogP contribution in [0.5, 0.6) is 0 Å². The lowest BCUT2D eigenvalue weighted by atomic mass is 9.47. The molecule has 3 fully saturated rings. The highest BCUT2D eigenvalue weighted by atomic mass is 16.5. The maximum absolute atomic E-state index is 14.7. The molecule has 0 radical (unpaired) electrons. The van der Waals surface area contributed by atoms with Crippen LogP contribution in [0.4, 0.5) is 0 Å². The van der Waals surface area contributed by atoms with E-state index in [4.69, 9.17) is 4.74 Å². The molecular weight excluding hydrogens is 562 g/mol. The zero-order valence-electron chi connectivity index (χ0n) is 28.6. The van der Waals surface area contributed by atoms with Gasteiger partial charge in [0.25, 0.3) is 0 Å². The summed E-state index contributed by atoms with van der Waals surface area (Å²) in [7, 11) is 0. The van der Waals surface area contributed by atoms with Gasteiger partial charge in [0.05, 0.1) is 17.8 Å². The van der Waals surface area contributed by atoms with Gasteiger partial charge in [0.1, 0.15) is 6.10 Å². The molecule has 4 aliphatic carbocycles. The standard InChI is InChI=1S/C38H57N3O4/c1-6-33(42)45-30-19-23-36(4,24-20-30)31-21-25-37(5)28(14-11-10-13-27(2)3)17-18-32(37)38(31)22-12-26-39-34(43)40(35(44)41(38)39)29-15-8-7-9-16-29/h8,12,15-16,22,27-28,30-32H,6-7,9-11,13-14,17-21,23-26H2,1-5H3/t28?,30?,31?,32?,36?,37?,38-/m1/s1. The average molecular weight is 620 g/mol. The van der Waals surface area contributed by atoms with E-state index in [-0.39, 0.29) is 46.1 Å². The van der Waals surface area contributed by atoms with Crippen LogP contribution in [0.2, 0.25) is 0 Å². The Balaban J connectivity index is 1.42. The lowest BCUT2D eigenvalue weighted by Gasteiger charge is -2.61. The number of rotatable bonds is 9. The van der Waals surface area contributed by atoms with E-state index in [9.17, 15) is 14.4 Å². The Labute approximate surface area is 269 Å². The molecule has 248 valence electrons. The molecule has 7 heteroatoms. The van der Waals surface area contributed by atoms with Crippen LogP contribution in [0.15, 0.2) is 40.0 Å². The average Bonchev–Trinajstić information content (AvgIpc) is 3.50.